The zero-order chi connectivity index (χ0) is 13.2. The van der Waals surface area contributed by atoms with Crippen LogP contribution in [0.3, 0.4) is 0 Å². The molecule has 0 unspecified atom stereocenters. The summed E-state index contributed by atoms with van der Waals surface area (Å²) in [6, 6.07) is 8.08. The van der Waals surface area contributed by atoms with Crippen molar-refractivity contribution in [2.75, 3.05) is 36.0 Å². The van der Waals surface area contributed by atoms with Crippen LogP contribution in [0, 0.1) is 6.92 Å². The van der Waals surface area contributed by atoms with E-state index in [0.717, 1.165) is 42.0 Å². The summed E-state index contributed by atoms with van der Waals surface area (Å²) in [5.41, 5.74) is 2.36. The molecule has 19 heavy (non-hydrogen) atoms. The van der Waals surface area contributed by atoms with Gasteiger partial charge in [-0.05, 0) is 31.2 Å². The summed E-state index contributed by atoms with van der Waals surface area (Å²) in [5.74, 6) is 0. The molecular weight excluding hydrogens is 278 g/mol. The number of benzene rings is 1. The third kappa shape index (κ3) is 2.85. The minimum absolute atomic E-state index is 0.792. The number of aromatic nitrogens is 1. The topological polar surface area (TPSA) is 19.4 Å². The van der Waals surface area contributed by atoms with Gasteiger partial charge in [0.15, 0.2) is 5.13 Å². The number of nitrogens with zero attached hydrogens (tertiary/aromatic N) is 3. The van der Waals surface area contributed by atoms with Gasteiger partial charge in [0.2, 0.25) is 0 Å². The largest absolute Gasteiger partial charge is 0.368 e. The number of halogens is 1. The Morgan fingerprint density at radius 3 is 2.26 bits per heavy atom. The Balaban J connectivity index is 1.64. The monoisotopic (exact) mass is 293 g/mol. The number of aryl methyl sites for hydroxylation is 1. The maximum absolute atomic E-state index is 5.92. The van der Waals surface area contributed by atoms with Crippen LogP contribution in [0.4, 0.5) is 10.8 Å². The van der Waals surface area contributed by atoms with Gasteiger partial charge >= 0.3 is 0 Å². The molecule has 2 aromatic rings. The number of hydrogen-bond donors (Lipinski definition) is 0. The van der Waals surface area contributed by atoms with E-state index in [0.29, 0.717) is 0 Å². The average Bonchev–Trinajstić information content (AvgIpc) is 2.87. The summed E-state index contributed by atoms with van der Waals surface area (Å²) < 4.78 is 0. The van der Waals surface area contributed by atoms with Gasteiger partial charge in [0, 0.05) is 42.3 Å². The first-order valence-electron chi connectivity index (χ1n) is 6.40. The lowest BCUT2D eigenvalue weighted by Gasteiger charge is -2.36. The smallest absolute Gasteiger partial charge is 0.185 e. The molecule has 100 valence electrons. The van der Waals surface area contributed by atoms with Crippen LogP contribution in [-0.2, 0) is 0 Å². The fourth-order valence-corrected chi connectivity index (χ4v) is 3.28. The molecule has 0 atom stereocenters. The molecule has 1 fully saturated rings. The maximum Gasteiger partial charge on any atom is 0.185 e. The fourth-order valence-electron chi connectivity index (χ4n) is 2.29. The second kappa shape index (κ2) is 5.39. The highest BCUT2D eigenvalue weighted by molar-refractivity contribution is 7.13. The Kier molecular flexibility index (Phi) is 3.62. The molecule has 0 saturated carbocycles. The molecule has 1 aromatic carbocycles. The minimum atomic E-state index is 0.792. The van der Waals surface area contributed by atoms with Crippen LogP contribution in [0.15, 0.2) is 29.6 Å². The molecular formula is C14H16ClN3S. The summed E-state index contributed by atoms with van der Waals surface area (Å²) in [6.45, 7) is 6.15. The van der Waals surface area contributed by atoms with E-state index in [2.05, 4.69) is 32.3 Å². The molecule has 1 aromatic heterocycles. The molecule has 0 amide bonds. The average molecular weight is 294 g/mol. The molecule has 1 aliphatic rings. The van der Waals surface area contributed by atoms with Crippen molar-refractivity contribution in [1.82, 2.24) is 4.98 Å². The van der Waals surface area contributed by atoms with Crippen LogP contribution in [0.1, 0.15) is 5.69 Å². The van der Waals surface area contributed by atoms with E-state index in [1.807, 2.05) is 19.1 Å². The molecule has 0 radical (unpaired) electrons. The van der Waals surface area contributed by atoms with Crippen LogP contribution in [0.2, 0.25) is 5.02 Å². The Morgan fingerprint density at radius 1 is 1.05 bits per heavy atom. The van der Waals surface area contributed by atoms with Gasteiger partial charge in [0.1, 0.15) is 0 Å². The second-order valence-electron chi connectivity index (χ2n) is 4.72. The molecule has 3 rings (SSSR count). The third-order valence-electron chi connectivity index (χ3n) is 3.35. The van der Waals surface area contributed by atoms with Crippen molar-refractivity contribution in [3.63, 3.8) is 0 Å². The van der Waals surface area contributed by atoms with Crippen molar-refractivity contribution in [2.45, 2.75) is 6.92 Å². The first-order chi connectivity index (χ1) is 9.22. The highest BCUT2D eigenvalue weighted by atomic mass is 35.5. The third-order valence-corrected chi connectivity index (χ3v) is 4.62. The molecule has 3 nitrogen and oxygen atoms in total. The molecule has 5 heteroatoms. The zero-order valence-electron chi connectivity index (χ0n) is 10.8. The normalized spacial score (nSPS) is 15.9. The molecule has 1 aliphatic heterocycles. The van der Waals surface area contributed by atoms with Crippen LogP contribution < -0.4 is 9.80 Å². The highest BCUT2D eigenvalue weighted by Crippen LogP contribution is 2.24. The van der Waals surface area contributed by atoms with Gasteiger partial charge < -0.3 is 9.80 Å². The number of anilines is 2. The maximum atomic E-state index is 5.92. The summed E-state index contributed by atoms with van der Waals surface area (Å²) in [5, 5.41) is 4.05. The fraction of sp³-hybridized carbons (Fsp3) is 0.357. The quantitative estimate of drug-likeness (QED) is 0.846. The van der Waals surface area contributed by atoms with Crippen molar-refractivity contribution >= 4 is 33.8 Å². The number of thiazole rings is 1. The van der Waals surface area contributed by atoms with Crippen molar-refractivity contribution in [2.24, 2.45) is 0 Å². The van der Waals surface area contributed by atoms with Crippen LogP contribution in [0.25, 0.3) is 0 Å². The van der Waals surface area contributed by atoms with E-state index >= 15 is 0 Å². The predicted octanol–water partition coefficient (Wildman–Crippen LogP) is 3.43. The number of rotatable bonds is 2. The van der Waals surface area contributed by atoms with Crippen LogP contribution in [-0.4, -0.2) is 31.2 Å². The Morgan fingerprint density at radius 2 is 1.68 bits per heavy atom. The second-order valence-corrected chi connectivity index (χ2v) is 5.99. The Labute approximate surface area is 122 Å². The molecule has 0 N–H and O–H groups in total. The van der Waals surface area contributed by atoms with E-state index in [-0.39, 0.29) is 0 Å². The molecule has 0 spiro atoms. The summed E-state index contributed by atoms with van der Waals surface area (Å²) in [7, 11) is 0. The van der Waals surface area contributed by atoms with E-state index < -0.39 is 0 Å². The van der Waals surface area contributed by atoms with E-state index in [1.165, 1.54) is 5.69 Å². The lowest BCUT2D eigenvalue weighted by atomic mass is 10.2. The molecule has 2 heterocycles. The van der Waals surface area contributed by atoms with Crippen molar-refractivity contribution in [1.29, 1.82) is 0 Å². The van der Waals surface area contributed by atoms with Gasteiger partial charge in [-0.3, -0.25) is 0 Å². The first kappa shape index (κ1) is 12.8. The van der Waals surface area contributed by atoms with Gasteiger partial charge in [-0.2, -0.15) is 0 Å². The Hall–Kier alpha value is -1.26. The van der Waals surface area contributed by atoms with Gasteiger partial charge in [-0.25, -0.2) is 4.98 Å². The number of piperazine rings is 1. The zero-order valence-corrected chi connectivity index (χ0v) is 12.4. The summed E-state index contributed by atoms with van der Waals surface area (Å²) in [4.78, 5) is 9.31. The van der Waals surface area contributed by atoms with Crippen molar-refractivity contribution < 1.29 is 0 Å². The van der Waals surface area contributed by atoms with Gasteiger partial charge in [-0.1, -0.05) is 11.6 Å². The summed E-state index contributed by atoms with van der Waals surface area (Å²) in [6.07, 6.45) is 0. The van der Waals surface area contributed by atoms with E-state index in [4.69, 9.17) is 11.6 Å². The number of hydrogen-bond acceptors (Lipinski definition) is 4. The minimum Gasteiger partial charge on any atom is -0.368 e. The summed E-state index contributed by atoms with van der Waals surface area (Å²) >= 11 is 7.66. The highest BCUT2D eigenvalue weighted by Gasteiger charge is 2.19. The molecule has 0 aliphatic carbocycles. The van der Waals surface area contributed by atoms with Gasteiger partial charge in [0.25, 0.3) is 0 Å². The lowest BCUT2D eigenvalue weighted by Crippen LogP contribution is -2.46. The van der Waals surface area contributed by atoms with Gasteiger partial charge in [-0.15, -0.1) is 11.3 Å². The Bertz CT molecular complexity index is 544. The SMILES string of the molecule is Cc1csc(N2CCN(c3ccc(Cl)cc3)CC2)n1. The molecule has 1 saturated heterocycles. The van der Waals surface area contributed by atoms with Crippen molar-refractivity contribution in [3.8, 4) is 0 Å². The van der Waals surface area contributed by atoms with E-state index in [1.54, 1.807) is 11.3 Å². The molecule has 0 bridgehead atoms. The predicted molar refractivity (Wildman–Crippen MR) is 82.7 cm³/mol. The standard InChI is InChI=1S/C14H16ClN3S/c1-11-10-19-14(16-11)18-8-6-17(7-9-18)13-4-2-12(15)3-5-13/h2-5,10H,6-9H2,1H3. The van der Waals surface area contributed by atoms with Crippen LogP contribution >= 0.6 is 22.9 Å². The van der Waals surface area contributed by atoms with Crippen LogP contribution in [0.5, 0.6) is 0 Å². The van der Waals surface area contributed by atoms with Crippen molar-refractivity contribution in [3.05, 3.63) is 40.4 Å². The van der Waals surface area contributed by atoms with E-state index in [9.17, 15) is 0 Å². The lowest BCUT2D eigenvalue weighted by molar-refractivity contribution is 0.652. The first-order valence-corrected chi connectivity index (χ1v) is 7.66. The van der Waals surface area contributed by atoms with Gasteiger partial charge in [0.05, 0.1) is 5.69 Å².